The number of anilines is 1. The van der Waals surface area contributed by atoms with Gasteiger partial charge in [0.2, 0.25) is 5.95 Å². The number of fused-ring (bicyclic) bond motifs is 1. The first-order valence-corrected chi connectivity index (χ1v) is 9.31. The maximum Gasteiger partial charge on any atom is 0.250 e. The number of primary amides is 1. The number of amides is 1. The molecule has 3 rings (SSSR count). The van der Waals surface area contributed by atoms with E-state index in [0.29, 0.717) is 11.1 Å². The molecule has 2 aromatic rings. The summed E-state index contributed by atoms with van der Waals surface area (Å²) in [6.45, 7) is 11.8. The maximum atomic E-state index is 11.8. The Labute approximate surface area is 149 Å². The molecule has 1 aliphatic heterocycles. The molecule has 6 heteroatoms. The summed E-state index contributed by atoms with van der Waals surface area (Å²) in [7, 11) is 0. The van der Waals surface area contributed by atoms with E-state index in [1.165, 1.54) is 6.42 Å². The van der Waals surface area contributed by atoms with Gasteiger partial charge in [0.15, 0.2) is 0 Å². The van der Waals surface area contributed by atoms with Crippen LogP contribution in [0.3, 0.4) is 0 Å². The molecule has 25 heavy (non-hydrogen) atoms. The van der Waals surface area contributed by atoms with E-state index >= 15 is 0 Å². The third kappa shape index (κ3) is 3.49. The Morgan fingerprint density at radius 3 is 2.72 bits per heavy atom. The zero-order valence-electron chi connectivity index (χ0n) is 15.5. The molecule has 1 saturated heterocycles. The molecule has 0 atom stereocenters. The van der Waals surface area contributed by atoms with Crippen molar-refractivity contribution in [1.29, 1.82) is 0 Å². The number of para-hydroxylation sites is 1. The highest BCUT2D eigenvalue weighted by molar-refractivity contribution is 6.04. The van der Waals surface area contributed by atoms with Crippen LogP contribution >= 0.6 is 0 Å². The molecule has 1 fully saturated rings. The summed E-state index contributed by atoms with van der Waals surface area (Å²) in [4.78, 5) is 21.6. The van der Waals surface area contributed by atoms with E-state index in [1.54, 1.807) is 6.07 Å². The van der Waals surface area contributed by atoms with Crippen molar-refractivity contribution in [3.63, 3.8) is 0 Å². The fraction of sp³-hybridized carbons (Fsp3) is 0.579. The van der Waals surface area contributed by atoms with E-state index in [9.17, 15) is 4.79 Å². The Morgan fingerprint density at radius 1 is 1.24 bits per heavy atom. The highest BCUT2D eigenvalue weighted by Crippen LogP contribution is 2.29. The summed E-state index contributed by atoms with van der Waals surface area (Å²) in [5.74, 6) is 0.535. The first-order chi connectivity index (χ1) is 12.0. The zero-order chi connectivity index (χ0) is 18.0. The van der Waals surface area contributed by atoms with Crippen molar-refractivity contribution >= 4 is 22.9 Å². The van der Waals surface area contributed by atoms with E-state index in [4.69, 9.17) is 10.7 Å². The lowest BCUT2D eigenvalue weighted by Gasteiger charge is -2.25. The predicted molar refractivity (Wildman–Crippen MR) is 102 cm³/mol. The predicted octanol–water partition coefficient (Wildman–Crippen LogP) is 2.64. The minimum atomic E-state index is -0.421. The minimum absolute atomic E-state index is 0.262. The van der Waals surface area contributed by atoms with Crippen LogP contribution in [0.5, 0.6) is 0 Å². The molecule has 2 heterocycles. The number of aromatic nitrogens is 2. The zero-order valence-corrected chi connectivity index (χ0v) is 15.5. The molecule has 0 radical (unpaired) electrons. The van der Waals surface area contributed by atoms with Crippen LogP contribution in [0.4, 0.5) is 5.95 Å². The van der Waals surface area contributed by atoms with Crippen LogP contribution in [0.25, 0.3) is 11.0 Å². The molecule has 6 nitrogen and oxygen atoms in total. The summed E-state index contributed by atoms with van der Waals surface area (Å²) >= 11 is 0. The van der Waals surface area contributed by atoms with Crippen molar-refractivity contribution in [3.05, 3.63) is 23.8 Å². The van der Waals surface area contributed by atoms with Gasteiger partial charge in [-0.3, -0.25) is 4.79 Å². The van der Waals surface area contributed by atoms with Gasteiger partial charge in [-0.15, -0.1) is 0 Å². The van der Waals surface area contributed by atoms with Gasteiger partial charge in [0.25, 0.3) is 5.91 Å². The number of nitrogens with two attached hydrogens (primary N) is 1. The molecule has 0 aliphatic carbocycles. The summed E-state index contributed by atoms with van der Waals surface area (Å²) in [5, 5.41) is 0. The second-order valence-electron chi connectivity index (χ2n) is 7.10. The molecule has 0 saturated carbocycles. The average molecular weight is 343 g/mol. The number of nitrogens with zero attached hydrogens (tertiary/aromatic N) is 4. The second-order valence-corrected chi connectivity index (χ2v) is 7.10. The number of hydrogen-bond acceptors (Lipinski definition) is 4. The highest BCUT2D eigenvalue weighted by atomic mass is 16.1. The lowest BCUT2D eigenvalue weighted by Crippen LogP contribution is -2.32. The quantitative estimate of drug-likeness (QED) is 0.906. The van der Waals surface area contributed by atoms with E-state index < -0.39 is 5.91 Å². The Balaban J connectivity index is 2.02. The van der Waals surface area contributed by atoms with Gasteiger partial charge in [-0.25, -0.2) is 4.98 Å². The number of carbonyl (C=O) groups excluding carboxylic acids is 1. The highest BCUT2D eigenvalue weighted by Gasteiger charge is 2.23. The van der Waals surface area contributed by atoms with Crippen molar-refractivity contribution in [3.8, 4) is 0 Å². The molecular formula is C19H29N5O. The first-order valence-electron chi connectivity index (χ1n) is 9.31. The van der Waals surface area contributed by atoms with E-state index in [0.717, 1.165) is 50.6 Å². The average Bonchev–Trinajstić information content (AvgIpc) is 2.81. The second kappa shape index (κ2) is 7.44. The van der Waals surface area contributed by atoms with Crippen LogP contribution in [-0.4, -0.2) is 53.1 Å². The molecule has 1 aromatic carbocycles. The fourth-order valence-corrected chi connectivity index (χ4v) is 3.75. The third-order valence-corrected chi connectivity index (χ3v) is 4.89. The van der Waals surface area contributed by atoms with Crippen molar-refractivity contribution in [2.75, 3.05) is 37.6 Å². The van der Waals surface area contributed by atoms with Gasteiger partial charge in [-0.2, -0.15) is 0 Å². The molecule has 136 valence electrons. The third-order valence-electron chi connectivity index (χ3n) is 4.89. The number of hydrogen-bond donors (Lipinski definition) is 1. The van der Waals surface area contributed by atoms with Gasteiger partial charge in [0.1, 0.15) is 5.52 Å². The minimum Gasteiger partial charge on any atom is -0.366 e. The van der Waals surface area contributed by atoms with Crippen molar-refractivity contribution in [1.82, 2.24) is 14.5 Å². The SMILES string of the molecule is CCCN1CCCN(c2nc3c(C(N)=O)cccc3n2C(C)C)CC1. The Kier molecular flexibility index (Phi) is 5.27. The van der Waals surface area contributed by atoms with E-state index in [-0.39, 0.29) is 6.04 Å². The van der Waals surface area contributed by atoms with Crippen molar-refractivity contribution in [2.45, 2.75) is 39.7 Å². The lowest BCUT2D eigenvalue weighted by atomic mass is 10.1. The molecule has 0 unspecified atom stereocenters. The molecule has 0 bridgehead atoms. The summed E-state index contributed by atoms with van der Waals surface area (Å²) in [5.41, 5.74) is 7.76. The van der Waals surface area contributed by atoms with Crippen LogP contribution < -0.4 is 10.6 Å². The van der Waals surface area contributed by atoms with Crippen LogP contribution in [0, 0.1) is 0 Å². The molecular weight excluding hydrogens is 314 g/mol. The molecule has 1 aliphatic rings. The number of benzene rings is 1. The first kappa shape index (κ1) is 17.7. The Bertz CT molecular complexity index is 752. The van der Waals surface area contributed by atoms with Crippen LogP contribution in [0.2, 0.25) is 0 Å². The fourth-order valence-electron chi connectivity index (χ4n) is 3.75. The molecule has 2 N–H and O–H groups in total. The Morgan fingerprint density at radius 2 is 2.04 bits per heavy atom. The summed E-state index contributed by atoms with van der Waals surface area (Å²) < 4.78 is 2.23. The number of carbonyl (C=O) groups is 1. The van der Waals surface area contributed by atoms with Gasteiger partial charge in [0.05, 0.1) is 11.1 Å². The normalized spacial score (nSPS) is 16.6. The summed E-state index contributed by atoms with van der Waals surface area (Å²) in [6, 6.07) is 5.94. The molecule has 1 aromatic heterocycles. The topological polar surface area (TPSA) is 67.4 Å². The number of imidazole rings is 1. The van der Waals surface area contributed by atoms with Gasteiger partial charge in [-0.05, 0) is 51.9 Å². The standard InChI is InChI=1S/C19H29N5O/c1-4-9-22-10-6-11-23(13-12-22)19-21-17-15(18(20)25)7-5-8-16(17)24(19)14(2)3/h5,7-8,14H,4,6,9-13H2,1-3H3,(H2,20,25). The smallest absolute Gasteiger partial charge is 0.250 e. The van der Waals surface area contributed by atoms with Crippen LogP contribution in [0.15, 0.2) is 18.2 Å². The molecule has 0 spiro atoms. The number of rotatable bonds is 5. The largest absolute Gasteiger partial charge is 0.366 e. The summed E-state index contributed by atoms with van der Waals surface area (Å²) in [6.07, 6.45) is 2.32. The lowest BCUT2D eigenvalue weighted by molar-refractivity contribution is 0.100. The van der Waals surface area contributed by atoms with Gasteiger partial charge in [0, 0.05) is 25.7 Å². The maximum absolute atomic E-state index is 11.8. The van der Waals surface area contributed by atoms with Crippen molar-refractivity contribution < 1.29 is 4.79 Å². The van der Waals surface area contributed by atoms with Crippen LogP contribution in [-0.2, 0) is 0 Å². The van der Waals surface area contributed by atoms with E-state index in [2.05, 4.69) is 35.1 Å². The monoisotopic (exact) mass is 343 g/mol. The van der Waals surface area contributed by atoms with Crippen molar-refractivity contribution in [2.24, 2.45) is 5.73 Å². The van der Waals surface area contributed by atoms with E-state index in [1.807, 2.05) is 12.1 Å². The Hall–Kier alpha value is -2.08. The van der Waals surface area contributed by atoms with Crippen LogP contribution in [0.1, 0.15) is 50.0 Å². The van der Waals surface area contributed by atoms with Gasteiger partial charge < -0.3 is 20.1 Å². The van der Waals surface area contributed by atoms with Gasteiger partial charge >= 0.3 is 0 Å². The van der Waals surface area contributed by atoms with Gasteiger partial charge in [-0.1, -0.05) is 13.0 Å². The molecule has 1 amide bonds.